The van der Waals surface area contributed by atoms with Crippen LogP contribution in [-0.2, 0) is 22.6 Å². The summed E-state index contributed by atoms with van der Waals surface area (Å²) in [6.07, 6.45) is 0.729. The monoisotopic (exact) mass is 588 g/mol. The van der Waals surface area contributed by atoms with Crippen LogP contribution in [0.3, 0.4) is 0 Å². The summed E-state index contributed by atoms with van der Waals surface area (Å²) in [6, 6.07) is 27.5. The highest BCUT2D eigenvalue weighted by Crippen LogP contribution is 2.45. The average Bonchev–Trinajstić information content (AvgIpc) is 3.68. The molecule has 8 heteroatoms. The van der Waals surface area contributed by atoms with Crippen molar-refractivity contribution in [2.45, 2.75) is 39.0 Å². The Bertz CT molecular complexity index is 1910. The minimum atomic E-state index is -0.881. The van der Waals surface area contributed by atoms with Crippen molar-refractivity contribution in [3.05, 3.63) is 124 Å². The van der Waals surface area contributed by atoms with Crippen LogP contribution >= 0.6 is 11.3 Å². The number of hydrogen-bond acceptors (Lipinski definition) is 7. The Morgan fingerprint density at radius 2 is 1.81 bits per heavy atom. The van der Waals surface area contributed by atoms with Crippen molar-refractivity contribution < 1.29 is 24.2 Å². The quantitative estimate of drug-likeness (QED) is 0.129. The molecule has 2 aliphatic heterocycles. The van der Waals surface area contributed by atoms with Crippen molar-refractivity contribution in [3.63, 3.8) is 0 Å². The van der Waals surface area contributed by atoms with Crippen LogP contribution in [0.4, 0.5) is 5.13 Å². The molecule has 1 N–H and O–H groups in total. The molecule has 1 fully saturated rings. The number of nitrogens with zero attached hydrogens (tertiary/aromatic N) is 2. The fraction of sp³-hybridized carbons (Fsp3) is 0.171. The van der Waals surface area contributed by atoms with Crippen molar-refractivity contribution in [1.29, 1.82) is 0 Å². The SMILES string of the molecule is Cc1ccc2nc(N3C(=O)C(=O)/C(=C(/O)c4ccc5c(c4)C[C@@H](C)O5)[C@@H]3c3ccc(OCc4ccccc4)cc3)sc2c1. The second-order valence-corrected chi connectivity index (χ2v) is 11.9. The Morgan fingerprint density at radius 1 is 1.02 bits per heavy atom. The minimum absolute atomic E-state index is 0.0188. The average molecular weight is 589 g/mol. The molecule has 2 atom stereocenters. The van der Waals surface area contributed by atoms with E-state index in [1.165, 1.54) is 16.2 Å². The van der Waals surface area contributed by atoms with Crippen LogP contribution in [-0.4, -0.2) is 27.9 Å². The van der Waals surface area contributed by atoms with E-state index < -0.39 is 17.7 Å². The number of aliphatic hydroxyl groups excluding tert-OH is 1. The third kappa shape index (κ3) is 4.93. The molecule has 1 aromatic heterocycles. The lowest BCUT2D eigenvalue weighted by Gasteiger charge is -2.23. The van der Waals surface area contributed by atoms with Gasteiger partial charge >= 0.3 is 5.91 Å². The predicted octanol–water partition coefficient (Wildman–Crippen LogP) is 7.13. The van der Waals surface area contributed by atoms with E-state index in [1.54, 1.807) is 12.1 Å². The first-order valence-corrected chi connectivity index (χ1v) is 14.9. The maximum Gasteiger partial charge on any atom is 0.301 e. The van der Waals surface area contributed by atoms with E-state index in [4.69, 9.17) is 14.5 Å². The summed E-state index contributed by atoms with van der Waals surface area (Å²) < 4.78 is 12.7. The van der Waals surface area contributed by atoms with E-state index in [-0.39, 0.29) is 17.4 Å². The zero-order valence-electron chi connectivity index (χ0n) is 23.6. The molecule has 0 saturated carbocycles. The number of carbonyl (C=O) groups is 2. The summed E-state index contributed by atoms with van der Waals surface area (Å²) >= 11 is 1.34. The van der Waals surface area contributed by atoms with Crippen molar-refractivity contribution >= 4 is 44.1 Å². The van der Waals surface area contributed by atoms with Crippen molar-refractivity contribution in [2.75, 3.05) is 4.90 Å². The number of thiazole rings is 1. The van der Waals surface area contributed by atoms with E-state index >= 15 is 0 Å². The van der Waals surface area contributed by atoms with Crippen LogP contribution in [0.1, 0.15) is 40.8 Å². The number of aliphatic hydroxyl groups is 1. The second kappa shape index (κ2) is 10.7. The van der Waals surface area contributed by atoms with Crippen LogP contribution in [0.15, 0.2) is 96.6 Å². The van der Waals surface area contributed by atoms with E-state index in [1.807, 2.05) is 92.7 Å². The molecule has 1 saturated heterocycles. The standard InChI is InChI=1S/C35H28N2O5S/c1-20-8-14-27-29(16-20)43-35(36-27)37-31(23-9-12-26(13-10-23)41-19-22-6-4-3-5-7-22)30(33(39)34(37)40)32(38)24-11-15-28-25(18-24)17-21(2)42-28/h3-16,18,21,31,38H,17,19H2,1-2H3/b32-30+/t21-,31+/m1/s1. The normalized spacial score (nSPS) is 19.1. The topological polar surface area (TPSA) is 89.0 Å². The van der Waals surface area contributed by atoms with E-state index in [0.717, 1.165) is 32.7 Å². The summed E-state index contributed by atoms with van der Waals surface area (Å²) in [5.74, 6) is -0.309. The summed E-state index contributed by atoms with van der Waals surface area (Å²) in [7, 11) is 0. The Labute approximate surface area is 252 Å². The summed E-state index contributed by atoms with van der Waals surface area (Å²) in [5, 5.41) is 12.0. The maximum absolute atomic E-state index is 13.7. The first-order chi connectivity index (χ1) is 20.9. The molecular weight excluding hydrogens is 560 g/mol. The molecule has 2 aliphatic rings. The number of Topliss-reactive ketones (excluding diaryl/α,β-unsaturated/α-hetero) is 1. The summed E-state index contributed by atoms with van der Waals surface area (Å²) in [6.45, 7) is 4.39. The smallest absolute Gasteiger partial charge is 0.301 e. The van der Waals surface area contributed by atoms with E-state index in [2.05, 4.69) is 0 Å². The molecule has 0 bridgehead atoms. The van der Waals surface area contributed by atoms with Gasteiger partial charge in [-0.05, 0) is 78.6 Å². The molecule has 4 aromatic carbocycles. The number of amides is 1. The molecule has 5 aromatic rings. The van der Waals surface area contributed by atoms with Gasteiger partial charge in [-0.1, -0.05) is 59.9 Å². The van der Waals surface area contributed by atoms with Crippen LogP contribution in [0.2, 0.25) is 0 Å². The van der Waals surface area contributed by atoms with E-state index in [9.17, 15) is 14.7 Å². The number of ketones is 1. The zero-order chi connectivity index (χ0) is 29.7. The summed E-state index contributed by atoms with van der Waals surface area (Å²) in [4.78, 5) is 33.5. The Kier molecular flexibility index (Phi) is 6.70. The van der Waals surface area contributed by atoms with Crippen LogP contribution in [0.25, 0.3) is 16.0 Å². The molecule has 7 nitrogen and oxygen atoms in total. The van der Waals surface area contributed by atoms with Gasteiger partial charge in [-0.15, -0.1) is 0 Å². The Balaban J connectivity index is 1.31. The number of carbonyl (C=O) groups excluding carboxylic acids is 2. The number of fused-ring (bicyclic) bond motifs is 2. The van der Waals surface area contributed by atoms with Gasteiger partial charge in [0.2, 0.25) is 0 Å². The van der Waals surface area contributed by atoms with Crippen molar-refractivity contribution in [2.24, 2.45) is 0 Å². The molecule has 0 unspecified atom stereocenters. The van der Waals surface area contributed by atoms with Gasteiger partial charge in [0, 0.05) is 12.0 Å². The number of aryl methyl sites for hydroxylation is 1. The van der Waals surface area contributed by atoms with Gasteiger partial charge in [0.15, 0.2) is 5.13 Å². The van der Waals surface area contributed by atoms with Crippen molar-refractivity contribution in [3.8, 4) is 11.5 Å². The van der Waals surface area contributed by atoms with Crippen molar-refractivity contribution in [1.82, 2.24) is 4.98 Å². The van der Waals surface area contributed by atoms with Gasteiger partial charge in [-0.2, -0.15) is 0 Å². The highest BCUT2D eigenvalue weighted by molar-refractivity contribution is 7.22. The Hall–Kier alpha value is -4.95. The number of benzene rings is 4. The van der Waals surface area contributed by atoms with Gasteiger partial charge in [0.1, 0.15) is 30.0 Å². The molecule has 43 heavy (non-hydrogen) atoms. The lowest BCUT2D eigenvalue weighted by molar-refractivity contribution is -0.132. The van der Waals surface area contributed by atoms with Crippen LogP contribution < -0.4 is 14.4 Å². The first-order valence-electron chi connectivity index (χ1n) is 14.1. The number of ether oxygens (including phenoxy) is 2. The van der Waals surface area contributed by atoms with Crippen LogP contribution in [0.5, 0.6) is 11.5 Å². The highest BCUT2D eigenvalue weighted by atomic mass is 32.1. The van der Waals surface area contributed by atoms with Crippen LogP contribution in [0, 0.1) is 6.92 Å². The number of aromatic nitrogens is 1. The van der Waals surface area contributed by atoms with Gasteiger partial charge in [-0.3, -0.25) is 14.5 Å². The predicted molar refractivity (Wildman–Crippen MR) is 167 cm³/mol. The fourth-order valence-corrected chi connectivity index (χ4v) is 6.77. The van der Waals surface area contributed by atoms with Gasteiger partial charge < -0.3 is 14.6 Å². The molecule has 0 radical (unpaired) electrons. The minimum Gasteiger partial charge on any atom is -0.507 e. The Morgan fingerprint density at radius 3 is 2.60 bits per heavy atom. The largest absolute Gasteiger partial charge is 0.507 e. The molecule has 7 rings (SSSR count). The third-order valence-corrected chi connectivity index (χ3v) is 8.81. The summed E-state index contributed by atoms with van der Waals surface area (Å²) in [5.41, 5.74) is 4.93. The lowest BCUT2D eigenvalue weighted by atomic mass is 9.94. The molecule has 0 aliphatic carbocycles. The molecule has 0 spiro atoms. The third-order valence-electron chi connectivity index (χ3n) is 7.80. The fourth-order valence-electron chi connectivity index (χ4n) is 5.68. The van der Waals surface area contributed by atoms with E-state index in [0.29, 0.717) is 35.0 Å². The second-order valence-electron chi connectivity index (χ2n) is 10.9. The van der Waals surface area contributed by atoms with Gasteiger partial charge in [0.05, 0.1) is 21.8 Å². The lowest BCUT2D eigenvalue weighted by Crippen LogP contribution is -2.29. The molecule has 3 heterocycles. The van der Waals surface area contributed by atoms with Gasteiger partial charge in [-0.25, -0.2) is 4.98 Å². The number of anilines is 1. The number of rotatable bonds is 6. The maximum atomic E-state index is 13.7. The first kappa shape index (κ1) is 26.9. The molecule has 1 amide bonds. The molecule has 214 valence electrons. The zero-order valence-corrected chi connectivity index (χ0v) is 24.4. The molecular formula is C35H28N2O5S. The highest BCUT2D eigenvalue weighted by Gasteiger charge is 2.48. The number of hydrogen-bond donors (Lipinski definition) is 1. The van der Waals surface area contributed by atoms with Gasteiger partial charge in [0.25, 0.3) is 5.78 Å².